The highest BCUT2D eigenvalue weighted by Gasteiger charge is 2.12. The summed E-state index contributed by atoms with van der Waals surface area (Å²) >= 11 is 6.31. The van der Waals surface area contributed by atoms with Crippen LogP contribution in [0, 0.1) is 0 Å². The fourth-order valence-corrected chi connectivity index (χ4v) is 3.35. The van der Waals surface area contributed by atoms with Crippen molar-refractivity contribution in [2.24, 2.45) is 10.3 Å². The molecule has 1 fully saturated rings. The summed E-state index contributed by atoms with van der Waals surface area (Å²) in [5, 5.41) is 11.3. The minimum atomic E-state index is 0.205. The second-order valence-electron chi connectivity index (χ2n) is 6.97. The van der Waals surface area contributed by atoms with Crippen molar-refractivity contribution in [3.63, 3.8) is 0 Å². The van der Waals surface area contributed by atoms with E-state index in [4.69, 9.17) is 17.3 Å². The summed E-state index contributed by atoms with van der Waals surface area (Å²) in [4.78, 5) is 11.0. The normalized spacial score (nSPS) is 15.2. The molecule has 29 heavy (non-hydrogen) atoms. The fourth-order valence-electron chi connectivity index (χ4n) is 3.12. The van der Waals surface area contributed by atoms with Crippen molar-refractivity contribution in [1.29, 1.82) is 0 Å². The van der Waals surface area contributed by atoms with Gasteiger partial charge in [-0.15, -0.1) is 5.11 Å². The van der Waals surface area contributed by atoms with Crippen molar-refractivity contribution in [3.05, 3.63) is 59.6 Å². The zero-order valence-corrected chi connectivity index (χ0v) is 16.9. The van der Waals surface area contributed by atoms with E-state index in [0.29, 0.717) is 10.7 Å². The van der Waals surface area contributed by atoms with Crippen LogP contribution in [0.1, 0.15) is 0 Å². The number of nitrogen functional groups attached to an aromatic ring is 1. The van der Waals surface area contributed by atoms with Crippen LogP contribution in [0.5, 0.6) is 0 Å². The number of nitrogens with two attached hydrogens (primary N) is 1. The fraction of sp³-hybridized carbons (Fsp3) is 0.238. The van der Waals surface area contributed by atoms with Gasteiger partial charge in [0.2, 0.25) is 5.95 Å². The average Bonchev–Trinajstić information content (AvgIpc) is 2.73. The predicted octanol–water partition coefficient (Wildman–Crippen LogP) is 4.29. The van der Waals surface area contributed by atoms with Crippen LogP contribution in [0.25, 0.3) is 22.5 Å². The molecule has 2 heterocycles. The molecule has 2 N–H and O–H groups in total. The van der Waals surface area contributed by atoms with Crippen LogP contribution in [0.3, 0.4) is 0 Å². The summed E-state index contributed by atoms with van der Waals surface area (Å²) in [6, 6.07) is 17.2. The Morgan fingerprint density at radius 2 is 1.62 bits per heavy atom. The maximum absolute atomic E-state index is 6.31. The zero-order valence-electron chi connectivity index (χ0n) is 16.2. The molecule has 1 aliphatic heterocycles. The van der Waals surface area contributed by atoms with E-state index in [1.54, 1.807) is 0 Å². The lowest BCUT2D eigenvalue weighted by Crippen LogP contribution is -2.41. The maximum atomic E-state index is 6.31. The number of anilines is 1. The van der Waals surface area contributed by atoms with Gasteiger partial charge in [-0.1, -0.05) is 47.2 Å². The van der Waals surface area contributed by atoms with E-state index >= 15 is 0 Å². The van der Waals surface area contributed by atoms with Crippen molar-refractivity contribution < 1.29 is 0 Å². The number of halogens is 1. The Kier molecular flexibility index (Phi) is 5.69. The summed E-state index contributed by atoms with van der Waals surface area (Å²) < 4.78 is 0. The molecule has 0 aliphatic carbocycles. The second kappa shape index (κ2) is 8.55. The van der Waals surface area contributed by atoms with Crippen LogP contribution in [0.15, 0.2) is 64.9 Å². The summed E-state index contributed by atoms with van der Waals surface area (Å²) in [6.45, 7) is 3.79. The Balaban J connectivity index is 1.54. The molecule has 4 rings (SSSR count). The Morgan fingerprint density at radius 3 is 2.34 bits per heavy atom. The van der Waals surface area contributed by atoms with Crippen LogP contribution < -0.4 is 5.73 Å². The third-order valence-electron chi connectivity index (χ3n) is 4.82. The molecule has 1 aromatic heterocycles. The topological polar surface area (TPSA) is 83.0 Å². The Labute approximate surface area is 174 Å². The van der Waals surface area contributed by atoms with Gasteiger partial charge >= 0.3 is 0 Å². The number of piperazine rings is 1. The molecule has 0 bridgehead atoms. The molecule has 0 unspecified atom stereocenters. The summed E-state index contributed by atoms with van der Waals surface area (Å²) in [5.74, 6) is 0.205. The van der Waals surface area contributed by atoms with E-state index in [9.17, 15) is 0 Å². The van der Waals surface area contributed by atoms with Gasteiger partial charge in [-0.25, -0.2) is 9.97 Å². The highest BCUT2D eigenvalue weighted by molar-refractivity contribution is 6.33. The minimum absolute atomic E-state index is 0.205. The van der Waals surface area contributed by atoms with Gasteiger partial charge in [0.1, 0.15) is 0 Å². The number of hydrogen-bond acceptors (Lipinski definition) is 6. The molecule has 0 atom stereocenters. The molecule has 7 nitrogen and oxygen atoms in total. The van der Waals surface area contributed by atoms with Gasteiger partial charge in [0.05, 0.1) is 30.2 Å². The van der Waals surface area contributed by atoms with Gasteiger partial charge in [-0.05, 0) is 31.3 Å². The van der Waals surface area contributed by atoms with Gasteiger partial charge < -0.3 is 10.6 Å². The van der Waals surface area contributed by atoms with Crippen LogP contribution in [-0.4, -0.2) is 53.1 Å². The number of benzene rings is 2. The van der Waals surface area contributed by atoms with Crippen molar-refractivity contribution in [3.8, 4) is 22.5 Å². The van der Waals surface area contributed by atoms with Crippen LogP contribution >= 0.6 is 11.6 Å². The SMILES string of the molecule is CN1CCN(N=Nc2ccc(-c3cc(-c4ccccc4Cl)nc(N)n3)cc2)CC1. The van der Waals surface area contributed by atoms with Gasteiger partial charge in [0.15, 0.2) is 0 Å². The summed E-state index contributed by atoms with van der Waals surface area (Å²) in [5.41, 5.74) is 9.91. The van der Waals surface area contributed by atoms with Crippen LogP contribution in [0.2, 0.25) is 5.02 Å². The third-order valence-corrected chi connectivity index (χ3v) is 5.15. The molecule has 148 valence electrons. The molecule has 0 saturated carbocycles. The second-order valence-corrected chi connectivity index (χ2v) is 7.38. The van der Waals surface area contributed by atoms with Gasteiger partial charge in [0, 0.05) is 29.2 Å². The third kappa shape index (κ3) is 4.70. The van der Waals surface area contributed by atoms with Crippen molar-refractivity contribution in [2.45, 2.75) is 0 Å². The molecular formula is C21H22ClN7. The molecule has 0 spiro atoms. The van der Waals surface area contributed by atoms with E-state index in [0.717, 1.165) is 48.7 Å². The number of aromatic nitrogens is 2. The van der Waals surface area contributed by atoms with Crippen molar-refractivity contribution in [1.82, 2.24) is 19.9 Å². The molecular weight excluding hydrogens is 386 g/mol. The Hall–Kier alpha value is -3.03. The molecule has 0 amide bonds. The van der Waals surface area contributed by atoms with Gasteiger partial charge in [0.25, 0.3) is 0 Å². The number of likely N-dealkylation sites (N-methyl/N-ethyl adjacent to an activating group) is 1. The van der Waals surface area contributed by atoms with Crippen LogP contribution in [-0.2, 0) is 0 Å². The monoisotopic (exact) mass is 407 g/mol. The Morgan fingerprint density at radius 1 is 0.931 bits per heavy atom. The van der Waals surface area contributed by atoms with Crippen LogP contribution in [0.4, 0.5) is 11.6 Å². The number of rotatable bonds is 4. The average molecular weight is 408 g/mol. The first-order chi connectivity index (χ1) is 14.1. The lowest BCUT2D eigenvalue weighted by molar-refractivity contribution is 0.150. The van der Waals surface area contributed by atoms with Crippen molar-refractivity contribution in [2.75, 3.05) is 39.0 Å². The van der Waals surface area contributed by atoms with E-state index in [-0.39, 0.29) is 5.95 Å². The molecule has 3 aromatic rings. The first-order valence-electron chi connectivity index (χ1n) is 9.43. The molecule has 0 radical (unpaired) electrons. The largest absolute Gasteiger partial charge is 0.368 e. The lowest BCUT2D eigenvalue weighted by Gasteiger charge is -2.29. The predicted molar refractivity (Wildman–Crippen MR) is 116 cm³/mol. The molecule has 2 aromatic carbocycles. The minimum Gasteiger partial charge on any atom is -0.368 e. The van der Waals surface area contributed by atoms with E-state index in [1.165, 1.54) is 0 Å². The van der Waals surface area contributed by atoms with Gasteiger partial charge in [-0.2, -0.15) is 0 Å². The summed E-state index contributed by atoms with van der Waals surface area (Å²) in [7, 11) is 2.12. The van der Waals surface area contributed by atoms with Gasteiger partial charge in [-0.3, -0.25) is 5.01 Å². The zero-order chi connectivity index (χ0) is 20.2. The quantitative estimate of drug-likeness (QED) is 0.652. The van der Waals surface area contributed by atoms with Crippen molar-refractivity contribution >= 4 is 23.2 Å². The smallest absolute Gasteiger partial charge is 0.221 e. The first-order valence-corrected chi connectivity index (χ1v) is 9.81. The summed E-state index contributed by atoms with van der Waals surface area (Å²) in [6.07, 6.45) is 0. The molecule has 8 heteroatoms. The Bertz CT molecular complexity index is 1010. The highest BCUT2D eigenvalue weighted by Crippen LogP contribution is 2.30. The molecule has 1 saturated heterocycles. The number of hydrogen-bond donors (Lipinski definition) is 1. The standard InChI is InChI=1S/C21H22ClN7/c1-28-10-12-29(13-11-28)27-26-16-8-6-15(7-9-16)19-14-20(25-21(23)24-19)17-4-2-3-5-18(17)22/h2-9,14H,10-13H2,1H3,(H2,23,24,25). The maximum Gasteiger partial charge on any atom is 0.221 e. The highest BCUT2D eigenvalue weighted by atomic mass is 35.5. The molecule has 1 aliphatic rings. The van der Waals surface area contributed by atoms with E-state index in [1.807, 2.05) is 59.6 Å². The number of nitrogens with zero attached hydrogens (tertiary/aromatic N) is 6. The van der Waals surface area contributed by atoms with E-state index < -0.39 is 0 Å². The van der Waals surface area contributed by atoms with E-state index in [2.05, 4.69) is 32.3 Å². The first kappa shape index (κ1) is 19.3. The lowest BCUT2D eigenvalue weighted by atomic mass is 10.1.